The van der Waals surface area contributed by atoms with E-state index in [4.69, 9.17) is 9.47 Å². The SMILES string of the molecule is CCOc1ccc(N(CC(=O)N(Cc2cccc(OC)c2)C(C)C(=O)NC(C)(C)C)S(=O)(=O)c2ccc(C)cc2)cc1. The molecule has 9 nitrogen and oxygen atoms in total. The monoisotopic (exact) mass is 595 g/mol. The van der Waals surface area contributed by atoms with Crippen molar-refractivity contribution in [2.75, 3.05) is 24.6 Å². The Morgan fingerprint density at radius 2 is 1.60 bits per heavy atom. The Labute approximate surface area is 249 Å². The number of rotatable bonds is 12. The van der Waals surface area contributed by atoms with Gasteiger partial charge in [-0.3, -0.25) is 13.9 Å². The molecule has 3 aromatic carbocycles. The van der Waals surface area contributed by atoms with E-state index in [1.54, 1.807) is 68.6 Å². The Kier molecular flexibility index (Phi) is 10.6. The van der Waals surface area contributed by atoms with E-state index in [0.29, 0.717) is 23.8 Å². The highest BCUT2D eigenvalue weighted by Gasteiger charge is 2.33. The summed E-state index contributed by atoms with van der Waals surface area (Å²) in [6, 6.07) is 19.3. The minimum absolute atomic E-state index is 0.0488. The van der Waals surface area contributed by atoms with E-state index in [9.17, 15) is 18.0 Å². The van der Waals surface area contributed by atoms with Gasteiger partial charge in [-0.1, -0.05) is 29.8 Å². The van der Waals surface area contributed by atoms with Gasteiger partial charge in [0.05, 0.1) is 24.3 Å². The predicted molar refractivity (Wildman–Crippen MR) is 164 cm³/mol. The largest absolute Gasteiger partial charge is 0.497 e. The number of hydrogen-bond acceptors (Lipinski definition) is 6. The lowest BCUT2D eigenvalue weighted by Gasteiger charge is -2.33. The quantitative estimate of drug-likeness (QED) is 0.318. The van der Waals surface area contributed by atoms with Gasteiger partial charge in [-0.2, -0.15) is 0 Å². The molecule has 3 rings (SSSR count). The smallest absolute Gasteiger partial charge is 0.264 e. The van der Waals surface area contributed by atoms with Gasteiger partial charge in [-0.25, -0.2) is 8.42 Å². The summed E-state index contributed by atoms with van der Waals surface area (Å²) >= 11 is 0. The fourth-order valence-electron chi connectivity index (χ4n) is 4.27. The Hall–Kier alpha value is -4.05. The average Bonchev–Trinajstić information content (AvgIpc) is 2.94. The number of nitrogens with zero attached hydrogens (tertiary/aromatic N) is 2. The topological polar surface area (TPSA) is 105 Å². The van der Waals surface area contributed by atoms with Crippen molar-refractivity contribution in [1.82, 2.24) is 10.2 Å². The average molecular weight is 596 g/mol. The highest BCUT2D eigenvalue weighted by molar-refractivity contribution is 7.92. The van der Waals surface area contributed by atoms with Crippen LogP contribution in [-0.2, 0) is 26.2 Å². The van der Waals surface area contributed by atoms with Crippen LogP contribution in [0.1, 0.15) is 45.7 Å². The lowest BCUT2D eigenvalue weighted by Crippen LogP contribution is -2.54. The van der Waals surface area contributed by atoms with E-state index in [-0.39, 0.29) is 17.3 Å². The zero-order valence-electron chi connectivity index (χ0n) is 25.4. The van der Waals surface area contributed by atoms with Crippen molar-refractivity contribution >= 4 is 27.5 Å². The fraction of sp³-hybridized carbons (Fsp3) is 0.375. The number of carbonyl (C=O) groups excluding carboxylic acids is 2. The molecule has 0 radical (unpaired) electrons. The molecule has 1 unspecified atom stereocenters. The number of aryl methyl sites for hydroxylation is 1. The summed E-state index contributed by atoms with van der Waals surface area (Å²) in [5.41, 5.74) is 1.40. The lowest BCUT2D eigenvalue weighted by molar-refractivity contribution is -0.140. The van der Waals surface area contributed by atoms with Gasteiger partial charge in [0.2, 0.25) is 11.8 Å². The second-order valence-electron chi connectivity index (χ2n) is 11.0. The van der Waals surface area contributed by atoms with Crippen molar-refractivity contribution in [3.8, 4) is 11.5 Å². The van der Waals surface area contributed by atoms with E-state index < -0.39 is 34.1 Å². The van der Waals surface area contributed by atoms with Crippen LogP contribution in [0.4, 0.5) is 5.69 Å². The van der Waals surface area contributed by atoms with Crippen LogP contribution in [0.5, 0.6) is 11.5 Å². The molecule has 2 amide bonds. The molecule has 0 aliphatic carbocycles. The molecule has 0 spiro atoms. The number of amides is 2. The van der Waals surface area contributed by atoms with Gasteiger partial charge >= 0.3 is 0 Å². The van der Waals surface area contributed by atoms with E-state index in [1.807, 2.05) is 40.7 Å². The van der Waals surface area contributed by atoms with E-state index in [0.717, 1.165) is 15.4 Å². The van der Waals surface area contributed by atoms with Crippen LogP contribution >= 0.6 is 0 Å². The summed E-state index contributed by atoms with van der Waals surface area (Å²) in [6.07, 6.45) is 0. The standard InChI is InChI=1S/C32H41N3O6S/c1-8-41-27-16-14-26(15-17-27)35(42(38,39)29-18-12-23(2)13-19-29)22-30(36)34(24(3)31(37)33-32(4,5)6)21-25-10-9-11-28(20-25)40-7/h9-20,24H,8,21-22H2,1-7H3,(H,33,37). The normalized spacial score (nSPS) is 12.3. The third-order valence-electron chi connectivity index (χ3n) is 6.48. The summed E-state index contributed by atoms with van der Waals surface area (Å²) in [5.74, 6) is 0.281. The summed E-state index contributed by atoms with van der Waals surface area (Å²) in [5, 5.41) is 2.92. The van der Waals surface area contributed by atoms with Gasteiger partial charge in [0.1, 0.15) is 24.1 Å². The van der Waals surface area contributed by atoms with Gasteiger partial charge in [-0.15, -0.1) is 0 Å². The summed E-state index contributed by atoms with van der Waals surface area (Å²) in [4.78, 5) is 28.8. The van der Waals surface area contributed by atoms with Crippen molar-refractivity contribution in [3.05, 3.63) is 83.9 Å². The molecule has 1 N–H and O–H groups in total. The van der Waals surface area contributed by atoms with Gasteiger partial charge in [0.25, 0.3) is 10.0 Å². The molecule has 0 bridgehead atoms. The second-order valence-corrected chi connectivity index (χ2v) is 12.9. The second kappa shape index (κ2) is 13.7. The van der Waals surface area contributed by atoms with Crippen LogP contribution in [0, 0.1) is 6.92 Å². The van der Waals surface area contributed by atoms with Crippen LogP contribution in [0.3, 0.4) is 0 Å². The number of benzene rings is 3. The Bertz CT molecular complexity index is 1470. The first kappa shape index (κ1) is 32.5. The number of carbonyl (C=O) groups is 2. The first-order chi connectivity index (χ1) is 19.7. The molecule has 42 heavy (non-hydrogen) atoms. The maximum Gasteiger partial charge on any atom is 0.264 e. The molecule has 1 atom stereocenters. The van der Waals surface area contributed by atoms with E-state index >= 15 is 0 Å². The highest BCUT2D eigenvalue weighted by Crippen LogP contribution is 2.27. The third-order valence-corrected chi connectivity index (χ3v) is 8.26. The lowest BCUT2D eigenvalue weighted by atomic mass is 10.1. The first-order valence-electron chi connectivity index (χ1n) is 13.8. The molecule has 0 aromatic heterocycles. The van der Waals surface area contributed by atoms with Crippen LogP contribution in [0.2, 0.25) is 0 Å². The van der Waals surface area contributed by atoms with Crippen molar-refractivity contribution in [2.45, 2.75) is 64.6 Å². The molecule has 226 valence electrons. The van der Waals surface area contributed by atoms with Crippen LogP contribution in [0.25, 0.3) is 0 Å². The van der Waals surface area contributed by atoms with Crippen molar-refractivity contribution in [3.63, 3.8) is 0 Å². The Balaban J connectivity index is 2.05. The highest BCUT2D eigenvalue weighted by atomic mass is 32.2. The molecule has 10 heteroatoms. The Morgan fingerprint density at radius 3 is 2.17 bits per heavy atom. The third kappa shape index (κ3) is 8.48. The minimum Gasteiger partial charge on any atom is -0.497 e. The molecule has 0 saturated heterocycles. The predicted octanol–water partition coefficient (Wildman–Crippen LogP) is 4.93. The number of sulfonamides is 1. The summed E-state index contributed by atoms with van der Waals surface area (Å²) < 4.78 is 39.9. The minimum atomic E-state index is -4.16. The van der Waals surface area contributed by atoms with Crippen molar-refractivity contribution in [1.29, 1.82) is 0 Å². The maximum absolute atomic E-state index is 14.1. The van der Waals surface area contributed by atoms with Gasteiger partial charge < -0.3 is 19.7 Å². The van der Waals surface area contributed by atoms with Gasteiger partial charge in [-0.05, 0) is 95.6 Å². The number of anilines is 1. The fourth-order valence-corrected chi connectivity index (χ4v) is 5.68. The molecule has 0 fully saturated rings. The molecule has 0 heterocycles. The van der Waals surface area contributed by atoms with E-state index in [1.165, 1.54) is 17.0 Å². The summed E-state index contributed by atoms with van der Waals surface area (Å²) in [7, 11) is -2.61. The molecule has 0 saturated carbocycles. The number of hydrogen-bond donors (Lipinski definition) is 1. The van der Waals surface area contributed by atoms with E-state index in [2.05, 4.69) is 5.32 Å². The number of methoxy groups -OCH3 is 1. The maximum atomic E-state index is 14.1. The molecule has 0 aliphatic heterocycles. The number of nitrogens with one attached hydrogen (secondary N) is 1. The van der Waals surface area contributed by atoms with Gasteiger partial charge in [0.15, 0.2) is 0 Å². The molecular formula is C32H41N3O6S. The van der Waals surface area contributed by atoms with Crippen molar-refractivity contribution < 1.29 is 27.5 Å². The molecule has 0 aliphatic rings. The zero-order valence-corrected chi connectivity index (χ0v) is 26.2. The van der Waals surface area contributed by atoms with Gasteiger partial charge in [0, 0.05) is 12.1 Å². The first-order valence-corrected chi connectivity index (χ1v) is 15.3. The van der Waals surface area contributed by atoms with Crippen LogP contribution in [0.15, 0.2) is 77.7 Å². The number of ether oxygens (including phenoxy) is 2. The van der Waals surface area contributed by atoms with Crippen LogP contribution in [-0.4, -0.2) is 57.0 Å². The van der Waals surface area contributed by atoms with Crippen molar-refractivity contribution in [2.24, 2.45) is 0 Å². The van der Waals surface area contributed by atoms with Crippen LogP contribution < -0.4 is 19.1 Å². The summed E-state index contributed by atoms with van der Waals surface area (Å²) in [6.45, 7) is 10.9. The zero-order chi connectivity index (χ0) is 31.1. The Morgan fingerprint density at radius 1 is 0.952 bits per heavy atom. The molecule has 3 aromatic rings. The molecular weight excluding hydrogens is 554 g/mol.